The van der Waals surface area contributed by atoms with Crippen LogP contribution in [0.4, 0.5) is 19.0 Å². The maximum absolute atomic E-state index is 13.1. The van der Waals surface area contributed by atoms with Crippen molar-refractivity contribution in [1.29, 1.82) is 0 Å². The molecule has 132 valence electrons. The maximum atomic E-state index is 13.1. The summed E-state index contributed by atoms with van der Waals surface area (Å²) in [4.78, 5) is 9.16. The average molecular weight is 344 g/mol. The van der Waals surface area contributed by atoms with Crippen LogP contribution in [0.2, 0.25) is 0 Å². The van der Waals surface area contributed by atoms with Gasteiger partial charge in [0.2, 0.25) is 5.82 Å². The van der Waals surface area contributed by atoms with Crippen LogP contribution < -0.4 is 14.8 Å². The van der Waals surface area contributed by atoms with Crippen LogP contribution in [0.1, 0.15) is 5.82 Å². The van der Waals surface area contributed by atoms with E-state index >= 15 is 0 Å². The molecule has 1 N–H and O–H groups in total. The number of halogens is 3. The molecule has 0 aliphatic carbocycles. The van der Waals surface area contributed by atoms with Crippen LogP contribution in [0.25, 0.3) is 10.9 Å². The lowest BCUT2D eigenvalue weighted by Gasteiger charge is -2.16. The normalized spacial score (nSPS) is 11.8. The first-order valence-electron chi connectivity index (χ1n) is 7.16. The monoisotopic (exact) mass is 344 g/mol. The van der Waals surface area contributed by atoms with Crippen molar-refractivity contribution in [3.63, 3.8) is 0 Å². The molecule has 0 saturated heterocycles. The molecule has 1 aromatic carbocycles. The number of nitrogens with one attached hydrogen (secondary N) is 1. The third-order valence-electron chi connectivity index (χ3n) is 3.31. The van der Waals surface area contributed by atoms with Gasteiger partial charge in [-0.3, -0.25) is 0 Å². The van der Waals surface area contributed by atoms with Crippen LogP contribution in [-0.2, 0) is 6.18 Å². The van der Waals surface area contributed by atoms with Gasteiger partial charge in [-0.1, -0.05) is 0 Å². The molecule has 0 aliphatic rings. The second-order valence-electron chi connectivity index (χ2n) is 5.35. The second kappa shape index (κ2) is 7.08. The lowest BCUT2D eigenvalue weighted by Crippen LogP contribution is -2.22. The number of nitrogens with zero attached hydrogens (tertiary/aromatic N) is 3. The molecule has 0 unspecified atom stereocenters. The average Bonchev–Trinajstić information content (AvgIpc) is 2.51. The summed E-state index contributed by atoms with van der Waals surface area (Å²) in [5.41, 5.74) is 0.127. The minimum Gasteiger partial charge on any atom is -0.493 e. The zero-order valence-electron chi connectivity index (χ0n) is 13.9. The second-order valence-corrected chi connectivity index (χ2v) is 5.35. The van der Waals surface area contributed by atoms with Crippen molar-refractivity contribution < 1.29 is 22.6 Å². The highest BCUT2D eigenvalue weighted by molar-refractivity contribution is 5.91. The first kappa shape index (κ1) is 18.1. The van der Waals surface area contributed by atoms with Crippen LogP contribution >= 0.6 is 0 Å². The number of fused-ring (bicyclic) bond motifs is 1. The van der Waals surface area contributed by atoms with E-state index in [2.05, 4.69) is 15.3 Å². The Morgan fingerprint density at radius 1 is 1.08 bits per heavy atom. The first-order valence-corrected chi connectivity index (χ1v) is 7.16. The lowest BCUT2D eigenvalue weighted by molar-refractivity contribution is -0.144. The lowest BCUT2D eigenvalue weighted by atomic mass is 10.2. The quantitative estimate of drug-likeness (QED) is 0.869. The van der Waals surface area contributed by atoms with E-state index in [9.17, 15) is 13.2 Å². The molecule has 0 spiro atoms. The Kier molecular flexibility index (Phi) is 5.33. The molecule has 0 fully saturated rings. The Hall–Kier alpha value is -2.29. The molecule has 1 heterocycles. The summed E-state index contributed by atoms with van der Waals surface area (Å²) in [5, 5.41) is 3.36. The van der Waals surface area contributed by atoms with Gasteiger partial charge in [-0.2, -0.15) is 13.2 Å². The third-order valence-corrected chi connectivity index (χ3v) is 3.31. The fourth-order valence-corrected chi connectivity index (χ4v) is 2.12. The van der Waals surface area contributed by atoms with Crippen molar-refractivity contribution >= 4 is 16.7 Å². The van der Waals surface area contributed by atoms with E-state index in [-0.39, 0.29) is 11.3 Å². The maximum Gasteiger partial charge on any atom is 0.451 e. The van der Waals surface area contributed by atoms with Crippen molar-refractivity contribution in [2.75, 3.05) is 46.7 Å². The van der Waals surface area contributed by atoms with Crippen LogP contribution in [0.15, 0.2) is 12.1 Å². The first-order chi connectivity index (χ1) is 11.3. The van der Waals surface area contributed by atoms with E-state index in [4.69, 9.17) is 9.47 Å². The molecule has 6 nitrogen and oxygen atoms in total. The summed E-state index contributed by atoms with van der Waals surface area (Å²) in [6.45, 7) is 1.07. The van der Waals surface area contributed by atoms with Crippen molar-refractivity contribution in [2.45, 2.75) is 6.18 Å². The van der Waals surface area contributed by atoms with Crippen LogP contribution in [-0.4, -0.2) is 56.3 Å². The van der Waals surface area contributed by atoms with Gasteiger partial charge in [0.1, 0.15) is 5.82 Å². The van der Waals surface area contributed by atoms with Gasteiger partial charge in [-0.05, 0) is 20.2 Å². The number of hydrogen-bond donors (Lipinski definition) is 1. The van der Waals surface area contributed by atoms with Crippen LogP contribution in [0.3, 0.4) is 0 Å². The van der Waals surface area contributed by atoms with Gasteiger partial charge in [-0.15, -0.1) is 0 Å². The highest BCUT2D eigenvalue weighted by Crippen LogP contribution is 2.36. The molecule has 24 heavy (non-hydrogen) atoms. The molecular formula is C15H19F3N4O2. The molecular weight excluding hydrogens is 325 g/mol. The van der Waals surface area contributed by atoms with Gasteiger partial charge >= 0.3 is 6.18 Å². The number of likely N-dealkylation sites (N-methyl/N-ethyl adjacent to an activating group) is 1. The molecule has 0 bridgehead atoms. The van der Waals surface area contributed by atoms with Gasteiger partial charge < -0.3 is 19.7 Å². The predicted octanol–water partition coefficient (Wildman–Crippen LogP) is 2.64. The van der Waals surface area contributed by atoms with Crippen molar-refractivity contribution in [3.8, 4) is 11.5 Å². The Balaban J connectivity index is 2.57. The SMILES string of the molecule is COc1cc2nc(C(F)(F)F)nc(NCCN(C)C)c2cc1OC. The summed E-state index contributed by atoms with van der Waals surface area (Å²) >= 11 is 0. The fraction of sp³-hybridized carbons (Fsp3) is 0.467. The molecule has 9 heteroatoms. The Bertz CT molecular complexity index is 720. The molecule has 1 aromatic heterocycles. The summed E-state index contributed by atoms with van der Waals surface area (Å²) in [6, 6.07) is 2.97. The zero-order chi connectivity index (χ0) is 17.9. The molecule has 0 aliphatic heterocycles. The highest BCUT2D eigenvalue weighted by Gasteiger charge is 2.35. The van der Waals surface area contributed by atoms with Crippen LogP contribution in [0, 0.1) is 0 Å². The zero-order valence-corrected chi connectivity index (χ0v) is 13.9. The minimum atomic E-state index is -4.64. The number of methoxy groups -OCH3 is 2. The van der Waals surface area contributed by atoms with Gasteiger partial charge in [0.25, 0.3) is 0 Å². The van der Waals surface area contributed by atoms with E-state index in [0.29, 0.717) is 30.0 Å². The van der Waals surface area contributed by atoms with E-state index in [0.717, 1.165) is 0 Å². The number of aromatic nitrogens is 2. The Labute approximate surface area is 137 Å². The predicted molar refractivity (Wildman–Crippen MR) is 84.7 cm³/mol. The Morgan fingerprint density at radius 2 is 1.71 bits per heavy atom. The molecule has 0 saturated carbocycles. The molecule has 0 radical (unpaired) electrons. The Morgan fingerprint density at radius 3 is 2.25 bits per heavy atom. The summed E-state index contributed by atoms with van der Waals surface area (Å²) in [5.74, 6) is -0.398. The number of benzene rings is 1. The number of anilines is 1. The van der Waals surface area contributed by atoms with E-state index in [1.807, 2.05) is 19.0 Å². The fourth-order valence-electron chi connectivity index (χ4n) is 2.12. The molecule has 2 rings (SSSR count). The molecule has 0 amide bonds. The standard InChI is InChI=1S/C15H19F3N4O2/c1-22(2)6-5-19-13-9-7-11(23-3)12(24-4)8-10(9)20-14(21-13)15(16,17)18/h7-8H,5-6H2,1-4H3,(H,19,20,21). The van der Waals surface area contributed by atoms with Gasteiger partial charge in [0.15, 0.2) is 11.5 Å². The summed E-state index contributed by atoms with van der Waals surface area (Å²) in [7, 11) is 6.60. The van der Waals surface area contributed by atoms with Crippen molar-refractivity contribution in [2.24, 2.45) is 0 Å². The van der Waals surface area contributed by atoms with Gasteiger partial charge in [-0.25, -0.2) is 9.97 Å². The molecule has 2 aromatic rings. The van der Waals surface area contributed by atoms with Gasteiger partial charge in [0, 0.05) is 24.5 Å². The number of hydrogen-bond acceptors (Lipinski definition) is 6. The third kappa shape index (κ3) is 3.97. The van der Waals surface area contributed by atoms with Crippen molar-refractivity contribution in [1.82, 2.24) is 14.9 Å². The van der Waals surface area contributed by atoms with Crippen LogP contribution in [0.5, 0.6) is 11.5 Å². The highest BCUT2D eigenvalue weighted by atomic mass is 19.4. The molecule has 0 atom stereocenters. The van der Waals surface area contributed by atoms with E-state index in [1.54, 1.807) is 6.07 Å². The number of rotatable bonds is 6. The largest absolute Gasteiger partial charge is 0.493 e. The van der Waals surface area contributed by atoms with Crippen molar-refractivity contribution in [3.05, 3.63) is 18.0 Å². The number of ether oxygens (including phenoxy) is 2. The van der Waals surface area contributed by atoms with E-state index < -0.39 is 12.0 Å². The smallest absolute Gasteiger partial charge is 0.451 e. The van der Waals surface area contributed by atoms with Gasteiger partial charge in [0.05, 0.1) is 19.7 Å². The summed E-state index contributed by atoms with van der Waals surface area (Å²) in [6.07, 6.45) is -4.64. The summed E-state index contributed by atoms with van der Waals surface area (Å²) < 4.78 is 49.5. The number of alkyl halides is 3. The van der Waals surface area contributed by atoms with E-state index in [1.165, 1.54) is 20.3 Å². The minimum absolute atomic E-state index is 0.107. The topological polar surface area (TPSA) is 59.5 Å².